The van der Waals surface area contributed by atoms with Gasteiger partial charge in [0.05, 0.1) is 18.1 Å². The van der Waals surface area contributed by atoms with Crippen LogP contribution in [0, 0.1) is 12.8 Å². The molecule has 4 rings (SSSR count). The molecule has 2 aromatic rings. The third-order valence-electron chi connectivity index (χ3n) is 7.55. The van der Waals surface area contributed by atoms with Gasteiger partial charge in [-0.2, -0.15) is 8.42 Å². The molecule has 2 fully saturated rings. The molecule has 36 heavy (non-hydrogen) atoms. The fourth-order valence-corrected chi connectivity index (χ4v) is 6.20. The number of hydrogen-bond donors (Lipinski definition) is 1. The fraction of sp³-hybridized carbons (Fsp3) is 0.583. The average Bonchev–Trinajstić information content (AvgIpc) is 3.28. The Morgan fingerprint density at radius 3 is 2.44 bits per heavy atom. The highest BCUT2D eigenvalue weighted by Crippen LogP contribution is 2.50. The Bertz CT molecular complexity index is 1330. The van der Waals surface area contributed by atoms with Gasteiger partial charge >= 0.3 is 5.69 Å². The number of ether oxygens (including phenoxy) is 2. The van der Waals surface area contributed by atoms with Crippen LogP contribution in [-0.2, 0) is 28.2 Å². The molecule has 2 saturated heterocycles. The first kappa shape index (κ1) is 27.0. The van der Waals surface area contributed by atoms with E-state index in [1.807, 2.05) is 6.92 Å². The highest BCUT2D eigenvalue weighted by atomic mass is 32.2. The Labute approximate surface area is 211 Å². The van der Waals surface area contributed by atoms with Crippen LogP contribution in [0.5, 0.6) is 0 Å². The van der Waals surface area contributed by atoms with E-state index in [-0.39, 0.29) is 29.8 Å². The van der Waals surface area contributed by atoms with Gasteiger partial charge in [-0.05, 0) is 37.2 Å². The Kier molecular flexibility index (Phi) is 6.99. The van der Waals surface area contributed by atoms with Crippen molar-refractivity contribution in [2.45, 2.75) is 68.7 Å². The van der Waals surface area contributed by atoms with Crippen LogP contribution in [0.25, 0.3) is 0 Å². The minimum absolute atomic E-state index is 0.0416. The van der Waals surface area contributed by atoms with E-state index in [1.165, 1.54) is 29.0 Å². The lowest BCUT2D eigenvalue weighted by Gasteiger charge is -2.38. The molecule has 1 aromatic heterocycles. The van der Waals surface area contributed by atoms with E-state index in [4.69, 9.17) is 18.1 Å². The summed E-state index contributed by atoms with van der Waals surface area (Å²) < 4.78 is 51.5. The number of nitrogens with one attached hydrogen (secondary N) is 1. The SMILES string of the molecule is Cc1ccc(S(=O)(=O)OC[C@@]23COC(C(n4ccc(=O)[nH]c4=O)O2)C3CO[Si](C)(C)C(C)(C)C)cc1. The summed E-state index contributed by atoms with van der Waals surface area (Å²) in [5, 5.41) is -0.0416. The molecule has 198 valence electrons. The van der Waals surface area contributed by atoms with Crippen molar-refractivity contribution in [3.63, 3.8) is 0 Å². The molecule has 1 aromatic carbocycles. The number of H-pyrrole nitrogens is 1. The molecule has 0 aliphatic carbocycles. The van der Waals surface area contributed by atoms with Crippen LogP contribution in [0.1, 0.15) is 32.6 Å². The van der Waals surface area contributed by atoms with E-state index in [2.05, 4.69) is 38.8 Å². The van der Waals surface area contributed by atoms with Gasteiger partial charge in [-0.3, -0.25) is 18.5 Å². The normalized spacial score (nSPS) is 26.4. The lowest BCUT2D eigenvalue weighted by Crippen LogP contribution is -2.48. The van der Waals surface area contributed by atoms with Crippen LogP contribution in [0.3, 0.4) is 0 Å². The maximum Gasteiger partial charge on any atom is 0.330 e. The molecular formula is C24H34N2O8SSi. The molecule has 0 spiro atoms. The Morgan fingerprint density at radius 2 is 1.83 bits per heavy atom. The van der Waals surface area contributed by atoms with Crippen LogP contribution in [-0.4, -0.2) is 57.8 Å². The highest BCUT2D eigenvalue weighted by molar-refractivity contribution is 7.86. The molecule has 2 bridgehead atoms. The van der Waals surface area contributed by atoms with Gasteiger partial charge < -0.3 is 13.9 Å². The zero-order valence-corrected chi connectivity index (χ0v) is 23.3. The molecule has 2 aliphatic rings. The van der Waals surface area contributed by atoms with Crippen molar-refractivity contribution in [2.75, 3.05) is 19.8 Å². The monoisotopic (exact) mass is 538 g/mol. The molecule has 3 unspecified atom stereocenters. The van der Waals surface area contributed by atoms with Crippen molar-refractivity contribution in [3.05, 3.63) is 62.9 Å². The van der Waals surface area contributed by atoms with Crippen LogP contribution < -0.4 is 11.2 Å². The van der Waals surface area contributed by atoms with Crippen LogP contribution in [0.15, 0.2) is 51.0 Å². The van der Waals surface area contributed by atoms with Crippen molar-refractivity contribution < 1.29 is 26.5 Å². The summed E-state index contributed by atoms with van der Waals surface area (Å²) in [5.41, 5.74) is -1.41. The minimum Gasteiger partial charge on any atom is -0.416 e. The van der Waals surface area contributed by atoms with Crippen LogP contribution in [0.2, 0.25) is 18.1 Å². The van der Waals surface area contributed by atoms with Gasteiger partial charge in [0.15, 0.2) is 14.5 Å². The number of aryl methyl sites for hydroxylation is 1. The molecule has 2 aliphatic heterocycles. The topological polar surface area (TPSA) is 126 Å². The molecule has 12 heteroatoms. The molecule has 4 atom stereocenters. The number of hydrogen-bond acceptors (Lipinski definition) is 8. The first-order valence-electron chi connectivity index (χ1n) is 11.9. The Morgan fingerprint density at radius 1 is 1.17 bits per heavy atom. The predicted molar refractivity (Wildman–Crippen MR) is 135 cm³/mol. The minimum atomic E-state index is -4.06. The van der Waals surface area contributed by atoms with Gasteiger partial charge in [0, 0.05) is 24.8 Å². The fourth-order valence-electron chi connectivity index (χ4n) is 4.21. The quantitative estimate of drug-likeness (QED) is 0.402. The number of benzene rings is 1. The third kappa shape index (κ3) is 5.02. The third-order valence-corrected chi connectivity index (χ3v) is 13.3. The lowest BCUT2D eigenvalue weighted by atomic mass is 9.90. The number of aromatic nitrogens is 2. The van der Waals surface area contributed by atoms with Gasteiger partial charge in [-0.25, -0.2) is 4.79 Å². The Hall–Kier alpha value is -2.09. The second-order valence-electron chi connectivity index (χ2n) is 11.1. The number of aromatic amines is 1. The van der Waals surface area contributed by atoms with E-state index in [0.29, 0.717) is 0 Å². The smallest absolute Gasteiger partial charge is 0.330 e. The first-order valence-corrected chi connectivity index (χ1v) is 16.2. The largest absolute Gasteiger partial charge is 0.416 e. The second kappa shape index (κ2) is 9.33. The van der Waals surface area contributed by atoms with Crippen LogP contribution in [0.4, 0.5) is 0 Å². The molecular weight excluding hydrogens is 504 g/mol. The maximum absolute atomic E-state index is 12.9. The first-order chi connectivity index (χ1) is 16.7. The van der Waals surface area contributed by atoms with Gasteiger partial charge in [-0.15, -0.1) is 0 Å². The van der Waals surface area contributed by atoms with Crippen molar-refractivity contribution in [2.24, 2.45) is 5.92 Å². The zero-order chi connectivity index (χ0) is 26.5. The van der Waals surface area contributed by atoms with Gasteiger partial charge in [-0.1, -0.05) is 38.5 Å². The predicted octanol–water partition coefficient (Wildman–Crippen LogP) is 2.55. The van der Waals surface area contributed by atoms with Crippen molar-refractivity contribution in [1.82, 2.24) is 9.55 Å². The molecule has 10 nitrogen and oxygen atoms in total. The summed E-state index contributed by atoms with van der Waals surface area (Å²) in [6.07, 6.45) is -0.120. The number of fused-ring (bicyclic) bond motifs is 2. The summed E-state index contributed by atoms with van der Waals surface area (Å²) in [7, 11) is -6.22. The van der Waals surface area contributed by atoms with Crippen molar-refractivity contribution in [1.29, 1.82) is 0 Å². The van der Waals surface area contributed by atoms with Gasteiger partial charge in [0.25, 0.3) is 15.7 Å². The Balaban J connectivity index is 1.63. The van der Waals surface area contributed by atoms with E-state index in [1.54, 1.807) is 12.1 Å². The summed E-state index contributed by atoms with van der Waals surface area (Å²) in [5.74, 6) is -0.399. The van der Waals surface area contributed by atoms with E-state index >= 15 is 0 Å². The van der Waals surface area contributed by atoms with Gasteiger partial charge in [0.1, 0.15) is 11.7 Å². The number of rotatable bonds is 8. The standard InChI is InChI=1S/C24H34N2O8SSi/c1-16-7-9-17(10-8-16)35(29,30)32-15-24-14-31-20(18(24)13-33-36(5,6)23(2,3)4)21(34-24)26-12-11-19(27)25-22(26)28/h7-12,18,20-21H,13-15H2,1-6H3,(H,25,27,28)/t18?,20?,21?,24-/m1/s1. The lowest BCUT2D eigenvalue weighted by molar-refractivity contribution is -0.183. The summed E-state index contributed by atoms with van der Waals surface area (Å²) in [6.45, 7) is 12.5. The molecule has 1 N–H and O–H groups in total. The molecule has 0 saturated carbocycles. The highest BCUT2D eigenvalue weighted by Gasteiger charge is 2.63. The van der Waals surface area contributed by atoms with Crippen LogP contribution >= 0.6 is 0 Å². The summed E-state index contributed by atoms with van der Waals surface area (Å²) in [6, 6.07) is 7.61. The molecule has 0 amide bonds. The van der Waals surface area contributed by atoms with E-state index < -0.39 is 53.5 Å². The van der Waals surface area contributed by atoms with Crippen molar-refractivity contribution >= 4 is 18.4 Å². The van der Waals surface area contributed by atoms with E-state index in [9.17, 15) is 18.0 Å². The average molecular weight is 539 g/mol. The van der Waals surface area contributed by atoms with Crippen molar-refractivity contribution in [3.8, 4) is 0 Å². The zero-order valence-electron chi connectivity index (χ0n) is 21.4. The van der Waals surface area contributed by atoms with Gasteiger partial charge in [0.2, 0.25) is 0 Å². The maximum atomic E-state index is 12.9. The summed E-state index contributed by atoms with van der Waals surface area (Å²) in [4.78, 5) is 26.4. The van der Waals surface area contributed by atoms with E-state index in [0.717, 1.165) is 5.56 Å². The second-order valence-corrected chi connectivity index (χ2v) is 17.5. The molecule has 3 heterocycles. The molecule has 0 radical (unpaired) electrons. The number of nitrogens with zero attached hydrogens (tertiary/aromatic N) is 1. The summed E-state index contributed by atoms with van der Waals surface area (Å²) >= 11 is 0.